The van der Waals surface area contributed by atoms with Crippen LogP contribution in [0.4, 0.5) is 0 Å². The summed E-state index contributed by atoms with van der Waals surface area (Å²) in [6.45, 7) is 0.708. The molecule has 0 saturated carbocycles. The van der Waals surface area contributed by atoms with Gasteiger partial charge in [0.05, 0.1) is 0 Å². The van der Waals surface area contributed by atoms with Gasteiger partial charge in [0.1, 0.15) is 6.54 Å². The quantitative estimate of drug-likeness (QED) is 0.652. The van der Waals surface area contributed by atoms with Gasteiger partial charge in [0.25, 0.3) is 0 Å². The van der Waals surface area contributed by atoms with Gasteiger partial charge in [-0.05, 0) is 18.9 Å². The number of nitrogens with one attached hydrogen (secondary N) is 1. The maximum Gasteiger partial charge on any atom is 0.303 e. The number of amides is 1. The van der Waals surface area contributed by atoms with E-state index >= 15 is 0 Å². The van der Waals surface area contributed by atoms with Crippen molar-refractivity contribution >= 4 is 11.9 Å². The second kappa shape index (κ2) is 6.60. The number of aliphatic carboxylic acids is 1. The molecule has 0 aliphatic heterocycles. The Morgan fingerprint density at radius 3 is 2.81 bits per heavy atom. The molecule has 0 saturated heterocycles. The molecule has 0 fully saturated rings. The summed E-state index contributed by atoms with van der Waals surface area (Å²) in [4.78, 5) is 21.5. The number of carbonyl (C=O) groups is 2. The highest BCUT2D eigenvalue weighted by atomic mass is 16.4. The second-order valence-corrected chi connectivity index (χ2v) is 3.40. The summed E-state index contributed by atoms with van der Waals surface area (Å²) >= 11 is 0. The molecule has 1 aromatic rings. The lowest BCUT2D eigenvalue weighted by Crippen LogP contribution is -2.28. The summed E-state index contributed by atoms with van der Waals surface area (Å²) in [5.41, 5.74) is 0. The first kappa shape index (κ1) is 12.2. The van der Waals surface area contributed by atoms with Crippen LogP contribution in [-0.2, 0) is 16.1 Å². The van der Waals surface area contributed by atoms with Crippen LogP contribution in [0.15, 0.2) is 18.5 Å². The first-order chi connectivity index (χ1) is 7.68. The minimum Gasteiger partial charge on any atom is -0.481 e. The van der Waals surface area contributed by atoms with Crippen molar-refractivity contribution in [3.05, 3.63) is 18.5 Å². The Morgan fingerprint density at radius 2 is 2.19 bits per heavy atom. The number of unbranched alkanes of at least 4 members (excludes halogenated alkanes) is 1. The van der Waals surface area contributed by atoms with E-state index in [1.54, 1.807) is 18.5 Å². The molecule has 0 aliphatic rings. The summed E-state index contributed by atoms with van der Waals surface area (Å²) in [5, 5.41) is 15.0. The van der Waals surface area contributed by atoms with E-state index in [4.69, 9.17) is 5.11 Å². The molecule has 1 amide bonds. The molecule has 1 aromatic heterocycles. The molecule has 6 heteroatoms. The largest absolute Gasteiger partial charge is 0.481 e. The van der Waals surface area contributed by atoms with E-state index in [0.29, 0.717) is 19.4 Å². The highest BCUT2D eigenvalue weighted by Crippen LogP contribution is 1.93. The van der Waals surface area contributed by atoms with Crippen molar-refractivity contribution in [2.75, 3.05) is 6.54 Å². The van der Waals surface area contributed by atoms with E-state index in [1.165, 1.54) is 4.68 Å². The van der Waals surface area contributed by atoms with Crippen molar-refractivity contribution in [3.63, 3.8) is 0 Å². The number of aromatic nitrogens is 2. The third-order valence-corrected chi connectivity index (χ3v) is 2.00. The number of carboxylic acids is 1. The Balaban J connectivity index is 2.05. The minimum atomic E-state index is -0.803. The van der Waals surface area contributed by atoms with Crippen LogP contribution >= 0.6 is 0 Å². The van der Waals surface area contributed by atoms with Gasteiger partial charge >= 0.3 is 5.97 Å². The van der Waals surface area contributed by atoms with Crippen LogP contribution in [0.3, 0.4) is 0 Å². The summed E-state index contributed by atoms with van der Waals surface area (Å²) in [7, 11) is 0. The Morgan fingerprint density at radius 1 is 1.38 bits per heavy atom. The summed E-state index contributed by atoms with van der Waals surface area (Å²) in [6.07, 6.45) is 4.73. The maximum absolute atomic E-state index is 11.3. The lowest BCUT2D eigenvalue weighted by molar-refractivity contribution is -0.137. The SMILES string of the molecule is O=C(O)CCCCNC(=O)Cn1cccn1. The van der Waals surface area contributed by atoms with Crippen molar-refractivity contribution in [2.45, 2.75) is 25.8 Å². The van der Waals surface area contributed by atoms with E-state index in [9.17, 15) is 9.59 Å². The van der Waals surface area contributed by atoms with Crippen LogP contribution in [0.1, 0.15) is 19.3 Å². The van der Waals surface area contributed by atoms with Crippen LogP contribution in [0.25, 0.3) is 0 Å². The fourth-order valence-electron chi connectivity index (χ4n) is 1.23. The first-order valence-corrected chi connectivity index (χ1v) is 5.14. The highest BCUT2D eigenvalue weighted by Gasteiger charge is 2.02. The molecule has 0 atom stereocenters. The molecule has 2 N–H and O–H groups in total. The van der Waals surface area contributed by atoms with E-state index in [2.05, 4.69) is 10.4 Å². The third-order valence-electron chi connectivity index (χ3n) is 2.00. The number of carboxylic acid groups (broad SMARTS) is 1. The lowest BCUT2D eigenvalue weighted by atomic mass is 10.2. The number of nitrogens with zero attached hydrogens (tertiary/aromatic N) is 2. The van der Waals surface area contributed by atoms with Gasteiger partial charge in [-0.3, -0.25) is 14.3 Å². The zero-order valence-corrected chi connectivity index (χ0v) is 8.93. The van der Waals surface area contributed by atoms with Gasteiger partial charge < -0.3 is 10.4 Å². The van der Waals surface area contributed by atoms with E-state index in [0.717, 1.165) is 0 Å². The third kappa shape index (κ3) is 5.14. The molecule has 0 aliphatic carbocycles. The van der Waals surface area contributed by atoms with Crippen LogP contribution in [-0.4, -0.2) is 33.3 Å². The molecule has 1 rings (SSSR count). The number of hydrogen-bond acceptors (Lipinski definition) is 3. The Hall–Kier alpha value is -1.85. The molecule has 0 spiro atoms. The molecular weight excluding hydrogens is 210 g/mol. The van der Waals surface area contributed by atoms with Crippen LogP contribution in [0.5, 0.6) is 0 Å². The molecule has 6 nitrogen and oxygen atoms in total. The van der Waals surface area contributed by atoms with Crippen molar-refractivity contribution in [2.24, 2.45) is 0 Å². The standard InChI is InChI=1S/C10H15N3O3/c14-9(8-13-7-3-6-12-13)11-5-2-1-4-10(15)16/h3,6-7H,1-2,4-5,8H2,(H,11,14)(H,15,16). The predicted molar refractivity (Wildman–Crippen MR) is 56.7 cm³/mol. The van der Waals surface area contributed by atoms with Crippen LogP contribution < -0.4 is 5.32 Å². The zero-order valence-electron chi connectivity index (χ0n) is 8.93. The van der Waals surface area contributed by atoms with Gasteiger partial charge in [-0.15, -0.1) is 0 Å². The van der Waals surface area contributed by atoms with Gasteiger partial charge in [-0.2, -0.15) is 5.10 Å². The smallest absolute Gasteiger partial charge is 0.303 e. The first-order valence-electron chi connectivity index (χ1n) is 5.14. The number of rotatable bonds is 7. The molecular formula is C10H15N3O3. The minimum absolute atomic E-state index is 0.112. The predicted octanol–water partition coefficient (Wildman–Crippen LogP) is 0.254. The average Bonchev–Trinajstić information content (AvgIpc) is 2.69. The summed E-state index contributed by atoms with van der Waals surface area (Å²) in [6, 6.07) is 1.75. The van der Waals surface area contributed by atoms with Crippen molar-refractivity contribution in [1.82, 2.24) is 15.1 Å². The highest BCUT2D eigenvalue weighted by molar-refractivity contribution is 5.75. The molecule has 16 heavy (non-hydrogen) atoms. The number of carbonyl (C=O) groups excluding carboxylic acids is 1. The van der Waals surface area contributed by atoms with Crippen molar-refractivity contribution in [3.8, 4) is 0 Å². The van der Waals surface area contributed by atoms with Crippen molar-refractivity contribution in [1.29, 1.82) is 0 Å². The van der Waals surface area contributed by atoms with E-state index in [1.807, 2.05) is 0 Å². The van der Waals surface area contributed by atoms with Gasteiger partial charge in [0, 0.05) is 25.4 Å². The Labute approximate surface area is 93.3 Å². The maximum atomic E-state index is 11.3. The topological polar surface area (TPSA) is 84.2 Å². The summed E-state index contributed by atoms with van der Waals surface area (Å²) < 4.78 is 1.53. The van der Waals surface area contributed by atoms with E-state index in [-0.39, 0.29) is 18.9 Å². The Bertz CT molecular complexity index is 335. The average molecular weight is 225 g/mol. The molecule has 0 bridgehead atoms. The zero-order chi connectivity index (χ0) is 11.8. The van der Waals surface area contributed by atoms with Gasteiger partial charge in [-0.25, -0.2) is 0 Å². The Kier molecular flexibility index (Phi) is 5.04. The fraction of sp³-hybridized carbons (Fsp3) is 0.500. The second-order valence-electron chi connectivity index (χ2n) is 3.40. The number of hydrogen-bond donors (Lipinski definition) is 2. The molecule has 0 aromatic carbocycles. The summed E-state index contributed by atoms with van der Waals surface area (Å²) in [5.74, 6) is -0.915. The fourth-order valence-corrected chi connectivity index (χ4v) is 1.23. The van der Waals surface area contributed by atoms with Crippen LogP contribution in [0, 0.1) is 0 Å². The van der Waals surface area contributed by atoms with Gasteiger partial charge in [0.15, 0.2) is 0 Å². The monoisotopic (exact) mass is 225 g/mol. The van der Waals surface area contributed by atoms with Gasteiger partial charge in [0.2, 0.25) is 5.91 Å². The molecule has 1 heterocycles. The van der Waals surface area contributed by atoms with Gasteiger partial charge in [-0.1, -0.05) is 0 Å². The van der Waals surface area contributed by atoms with Crippen LogP contribution in [0.2, 0.25) is 0 Å². The van der Waals surface area contributed by atoms with Crippen molar-refractivity contribution < 1.29 is 14.7 Å². The molecule has 0 radical (unpaired) electrons. The molecule has 88 valence electrons. The van der Waals surface area contributed by atoms with E-state index < -0.39 is 5.97 Å². The molecule has 0 unspecified atom stereocenters. The normalized spacial score (nSPS) is 10.0. The lowest BCUT2D eigenvalue weighted by Gasteiger charge is -2.04.